The van der Waals surface area contributed by atoms with Gasteiger partial charge in [-0.15, -0.1) is 0 Å². The molecule has 0 saturated carbocycles. The number of nitrogens with one attached hydrogen (secondary N) is 2. The van der Waals surface area contributed by atoms with Gasteiger partial charge in [-0.3, -0.25) is 4.79 Å². The number of benzene rings is 2. The molecule has 5 nitrogen and oxygen atoms in total. The zero-order chi connectivity index (χ0) is 19.2. The van der Waals surface area contributed by atoms with Crippen molar-refractivity contribution in [2.75, 3.05) is 17.7 Å². The van der Waals surface area contributed by atoms with Crippen LogP contribution >= 0.6 is 0 Å². The van der Waals surface area contributed by atoms with Crippen molar-refractivity contribution in [1.82, 2.24) is 4.98 Å². The second-order valence-electron chi connectivity index (χ2n) is 6.49. The highest BCUT2D eigenvalue weighted by atomic mass is 16.5. The Hall–Kier alpha value is -3.34. The van der Waals surface area contributed by atoms with Gasteiger partial charge in [-0.2, -0.15) is 0 Å². The van der Waals surface area contributed by atoms with Crippen molar-refractivity contribution in [3.63, 3.8) is 0 Å². The molecule has 3 aromatic rings. The van der Waals surface area contributed by atoms with Gasteiger partial charge in [0.15, 0.2) is 0 Å². The number of rotatable bonds is 6. The molecule has 0 unspecified atom stereocenters. The molecule has 3 rings (SSSR count). The normalized spacial score (nSPS) is 10.5. The number of nitrogens with zero attached hydrogens (tertiary/aromatic N) is 1. The van der Waals surface area contributed by atoms with Crippen LogP contribution in [0.2, 0.25) is 0 Å². The minimum absolute atomic E-state index is 0.191. The predicted molar refractivity (Wildman–Crippen MR) is 109 cm³/mol. The fourth-order valence-corrected chi connectivity index (χ4v) is 2.64. The molecule has 0 atom stereocenters. The summed E-state index contributed by atoms with van der Waals surface area (Å²) in [6, 6.07) is 19.0. The van der Waals surface area contributed by atoms with Gasteiger partial charge in [0.2, 0.25) is 0 Å². The summed E-state index contributed by atoms with van der Waals surface area (Å²) in [4.78, 5) is 16.7. The highest BCUT2D eigenvalue weighted by Crippen LogP contribution is 2.26. The summed E-state index contributed by atoms with van der Waals surface area (Å²) in [6.45, 7) is 4.28. The van der Waals surface area contributed by atoms with E-state index in [-0.39, 0.29) is 5.91 Å². The molecule has 1 heterocycles. The Balaban J connectivity index is 1.66. The van der Waals surface area contributed by atoms with E-state index in [4.69, 9.17) is 4.74 Å². The van der Waals surface area contributed by atoms with Crippen LogP contribution in [0.1, 0.15) is 35.7 Å². The SMILES string of the molecule is COc1ccccc1Nc1ccc(C(=O)Nc2ccc(C(C)C)cc2)cn1. The molecule has 1 aromatic heterocycles. The van der Waals surface area contributed by atoms with Gasteiger partial charge in [0.25, 0.3) is 5.91 Å². The number of methoxy groups -OCH3 is 1. The number of hydrogen-bond donors (Lipinski definition) is 2. The fourth-order valence-electron chi connectivity index (χ4n) is 2.64. The van der Waals surface area contributed by atoms with Crippen LogP contribution in [0, 0.1) is 0 Å². The van der Waals surface area contributed by atoms with Crippen molar-refractivity contribution in [1.29, 1.82) is 0 Å². The molecule has 0 fully saturated rings. The van der Waals surface area contributed by atoms with E-state index in [1.165, 1.54) is 5.56 Å². The largest absolute Gasteiger partial charge is 0.495 e. The van der Waals surface area contributed by atoms with Crippen LogP contribution in [-0.4, -0.2) is 18.0 Å². The van der Waals surface area contributed by atoms with Gasteiger partial charge in [0, 0.05) is 11.9 Å². The summed E-state index contributed by atoms with van der Waals surface area (Å²) in [5.41, 5.74) is 3.31. The average Bonchev–Trinajstić information content (AvgIpc) is 2.69. The number of anilines is 3. The molecule has 0 saturated heterocycles. The molecule has 1 amide bonds. The summed E-state index contributed by atoms with van der Waals surface area (Å²) in [6.07, 6.45) is 1.55. The molecule has 27 heavy (non-hydrogen) atoms. The third-order valence-electron chi connectivity index (χ3n) is 4.23. The number of para-hydroxylation sites is 2. The Bertz CT molecular complexity index is 904. The maximum Gasteiger partial charge on any atom is 0.257 e. The minimum Gasteiger partial charge on any atom is -0.495 e. The van der Waals surface area contributed by atoms with Crippen molar-refractivity contribution in [3.05, 3.63) is 78.0 Å². The Morgan fingerprint density at radius 1 is 1.00 bits per heavy atom. The fraction of sp³-hybridized carbons (Fsp3) is 0.182. The van der Waals surface area contributed by atoms with Crippen LogP contribution in [0.15, 0.2) is 66.9 Å². The first-order chi connectivity index (χ1) is 13.1. The summed E-state index contributed by atoms with van der Waals surface area (Å²) in [5, 5.41) is 6.08. The van der Waals surface area contributed by atoms with Crippen molar-refractivity contribution >= 4 is 23.1 Å². The molecular formula is C22H23N3O2. The lowest BCUT2D eigenvalue weighted by Gasteiger charge is -2.11. The Morgan fingerprint density at radius 3 is 2.37 bits per heavy atom. The van der Waals surface area contributed by atoms with Crippen LogP contribution in [0.4, 0.5) is 17.2 Å². The molecule has 5 heteroatoms. The van der Waals surface area contributed by atoms with E-state index in [9.17, 15) is 4.79 Å². The minimum atomic E-state index is -0.191. The Kier molecular flexibility index (Phi) is 5.71. The molecule has 2 aromatic carbocycles. The molecule has 0 spiro atoms. The maximum atomic E-state index is 12.4. The number of aromatic nitrogens is 1. The van der Waals surface area contributed by atoms with E-state index < -0.39 is 0 Å². The number of carbonyl (C=O) groups is 1. The molecule has 0 aliphatic carbocycles. The number of pyridine rings is 1. The molecule has 138 valence electrons. The van der Waals surface area contributed by atoms with Crippen molar-refractivity contribution in [2.24, 2.45) is 0 Å². The van der Waals surface area contributed by atoms with Gasteiger partial charge < -0.3 is 15.4 Å². The van der Waals surface area contributed by atoms with Crippen LogP contribution in [-0.2, 0) is 0 Å². The van der Waals surface area contributed by atoms with Crippen LogP contribution in [0.3, 0.4) is 0 Å². The van der Waals surface area contributed by atoms with E-state index in [2.05, 4.69) is 29.5 Å². The van der Waals surface area contributed by atoms with Crippen molar-refractivity contribution in [2.45, 2.75) is 19.8 Å². The van der Waals surface area contributed by atoms with Crippen LogP contribution < -0.4 is 15.4 Å². The molecule has 0 aliphatic heterocycles. The first-order valence-corrected chi connectivity index (χ1v) is 8.84. The topological polar surface area (TPSA) is 63.2 Å². The smallest absolute Gasteiger partial charge is 0.257 e. The first-order valence-electron chi connectivity index (χ1n) is 8.84. The van der Waals surface area contributed by atoms with Gasteiger partial charge in [-0.25, -0.2) is 4.98 Å². The lowest BCUT2D eigenvalue weighted by atomic mass is 10.0. The highest BCUT2D eigenvalue weighted by Gasteiger charge is 2.08. The number of carbonyl (C=O) groups excluding carboxylic acids is 1. The van der Waals surface area contributed by atoms with Gasteiger partial charge in [-0.05, 0) is 47.9 Å². The molecular weight excluding hydrogens is 338 g/mol. The van der Waals surface area contributed by atoms with E-state index in [0.717, 1.165) is 17.1 Å². The number of ether oxygens (including phenoxy) is 1. The second-order valence-corrected chi connectivity index (χ2v) is 6.49. The van der Waals surface area contributed by atoms with E-state index in [1.807, 2.05) is 48.5 Å². The summed E-state index contributed by atoms with van der Waals surface area (Å²) >= 11 is 0. The second kappa shape index (κ2) is 8.36. The summed E-state index contributed by atoms with van der Waals surface area (Å²) in [5.74, 6) is 1.63. The Morgan fingerprint density at radius 2 is 1.74 bits per heavy atom. The van der Waals surface area contributed by atoms with Gasteiger partial charge in [0.05, 0.1) is 18.4 Å². The van der Waals surface area contributed by atoms with E-state index >= 15 is 0 Å². The van der Waals surface area contributed by atoms with Crippen LogP contribution in [0.5, 0.6) is 5.75 Å². The number of amides is 1. The molecule has 2 N–H and O–H groups in total. The van der Waals surface area contributed by atoms with Gasteiger partial charge in [0.1, 0.15) is 11.6 Å². The van der Waals surface area contributed by atoms with Crippen LogP contribution in [0.25, 0.3) is 0 Å². The molecule has 0 aliphatic rings. The lowest BCUT2D eigenvalue weighted by molar-refractivity contribution is 0.102. The van der Waals surface area contributed by atoms with Gasteiger partial charge in [-0.1, -0.05) is 38.1 Å². The quantitative estimate of drug-likeness (QED) is 0.633. The zero-order valence-corrected chi connectivity index (χ0v) is 15.7. The van der Waals surface area contributed by atoms with Crippen molar-refractivity contribution in [3.8, 4) is 5.75 Å². The third-order valence-corrected chi connectivity index (χ3v) is 4.23. The number of hydrogen-bond acceptors (Lipinski definition) is 4. The standard InChI is InChI=1S/C22H23N3O2/c1-15(2)16-8-11-18(12-9-16)24-22(26)17-10-13-21(23-14-17)25-19-6-4-5-7-20(19)27-3/h4-15H,1-3H3,(H,23,25)(H,24,26). The van der Waals surface area contributed by atoms with Gasteiger partial charge >= 0.3 is 0 Å². The van der Waals surface area contributed by atoms with Crippen molar-refractivity contribution < 1.29 is 9.53 Å². The predicted octanol–water partition coefficient (Wildman–Crippen LogP) is 5.21. The van der Waals surface area contributed by atoms with E-state index in [0.29, 0.717) is 17.3 Å². The van der Waals surface area contributed by atoms with E-state index in [1.54, 1.807) is 25.4 Å². The third kappa shape index (κ3) is 4.64. The molecule has 0 bridgehead atoms. The zero-order valence-electron chi connectivity index (χ0n) is 15.7. The summed E-state index contributed by atoms with van der Waals surface area (Å²) in [7, 11) is 1.62. The lowest BCUT2D eigenvalue weighted by Crippen LogP contribution is -2.12. The Labute approximate surface area is 159 Å². The highest BCUT2D eigenvalue weighted by molar-refractivity contribution is 6.04. The maximum absolute atomic E-state index is 12.4. The first kappa shape index (κ1) is 18.5. The average molecular weight is 361 g/mol. The summed E-state index contributed by atoms with van der Waals surface area (Å²) < 4.78 is 5.31. The monoisotopic (exact) mass is 361 g/mol. The molecule has 0 radical (unpaired) electrons.